The van der Waals surface area contributed by atoms with E-state index in [4.69, 9.17) is 0 Å². The maximum Gasteiger partial charge on any atom is 0.243 e. The number of sulfonamides is 1. The Morgan fingerprint density at radius 2 is 1.85 bits per heavy atom. The monoisotopic (exact) mass is 416 g/mol. The lowest BCUT2D eigenvalue weighted by molar-refractivity contribution is -0.121. The van der Waals surface area contributed by atoms with Crippen molar-refractivity contribution in [2.75, 3.05) is 32.1 Å². The van der Waals surface area contributed by atoms with E-state index in [9.17, 15) is 13.2 Å². The van der Waals surface area contributed by atoms with Crippen LogP contribution in [0, 0.1) is 0 Å². The number of nitrogens with zero attached hydrogens (tertiary/aromatic N) is 1. The Labute approximate surface area is 165 Å². The van der Waals surface area contributed by atoms with E-state index in [1.54, 1.807) is 36.0 Å². The summed E-state index contributed by atoms with van der Waals surface area (Å²) in [5.41, 5.74) is 0. The average molecular weight is 417 g/mol. The van der Waals surface area contributed by atoms with Crippen molar-refractivity contribution in [3.8, 4) is 0 Å². The summed E-state index contributed by atoms with van der Waals surface area (Å²) in [6, 6.07) is 6.70. The van der Waals surface area contributed by atoms with E-state index in [2.05, 4.69) is 5.32 Å². The van der Waals surface area contributed by atoms with Crippen molar-refractivity contribution in [3.05, 3.63) is 24.3 Å². The van der Waals surface area contributed by atoms with E-state index < -0.39 is 10.0 Å². The number of likely N-dealkylation sites (N-methyl/N-ethyl adjacent to an activating group) is 1. The highest BCUT2D eigenvalue weighted by molar-refractivity contribution is 7.99. The molecule has 0 saturated heterocycles. The van der Waals surface area contributed by atoms with E-state index in [-0.39, 0.29) is 17.3 Å². The second-order valence-corrected chi connectivity index (χ2v) is 10.8. The molecular weight excluding hydrogens is 388 g/mol. The van der Waals surface area contributed by atoms with Gasteiger partial charge in [0.2, 0.25) is 15.9 Å². The Kier molecular flexibility index (Phi) is 8.79. The van der Waals surface area contributed by atoms with E-state index in [1.807, 2.05) is 18.0 Å². The van der Waals surface area contributed by atoms with Crippen LogP contribution < -0.4 is 5.32 Å². The number of rotatable bonds is 9. The molecule has 0 aliphatic heterocycles. The first-order valence-corrected chi connectivity index (χ1v) is 12.6. The summed E-state index contributed by atoms with van der Waals surface area (Å²) in [7, 11) is -2.21. The van der Waals surface area contributed by atoms with Gasteiger partial charge in [0.1, 0.15) is 0 Å². The van der Waals surface area contributed by atoms with Crippen molar-refractivity contribution in [1.82, 2.24) is 9.62 Å². The van der Waals surface area contributed by atoms with Crippen LogP contribution in [-0.4, -0.2) is 56.0 Å². The van der Waals surface area contributed by atoms with Gasteiger partial charge in [-0.2, -0.15) is 16.1 Å². The fourth-order valence-electron chi connectivity index (χ4n) is 2.92. The predicted molar refractivity (Wildman–Crippen MR) is 110 cm³/mol. The van der Waals surface area contributed by atoms with E-state index in [1.165, 1.54) is 39.2 Å². The van der Waals surface area contributed by atoms with Gasteiger partial charge in [-0.05, 0) is 43.4 Å². The van der Waals surface area contributed by atoms with Gasteiger partial charge in [0.25, 0.3) is 0 Å². The molecular formula is C18H28N2O3S3. The Bertz CT molecular complexity index is 671. The van der Waals surface area contributed by atoms with Crippen molar-refractivity contribution in [2.45, 2.75) is 47.1 Å². The third kappa shape index (κ3) is 6.48. The summed E-state index contributed by atoms with van der Waals surface area (Å²) in [5.74, 6) is 0.615. The lowest BCUT2D eigenvalue weighted by atomic mass is 10.0. The third-order valence-corrected chi connectivity index (χ3v) is 8.41. The number of nitrogens with one attached hydrogen (secondary N) is 1. The Morgan fingerprint density at radius 3 is 2.46 bits per heavy atom. The number of hydrogen-bond donors (Lipinski definition) is 1. The lowest BCUT2D eigenvalue weighted by Gasteiger charge is -2.21. The molecule has 26 heavy (non-hydrogen) atoms. The smallest absolute Gasteiger partial charge is 0.243 e. The molecule has 1 aliphatic carbocycles. The fraction of sp³-hybridized carbons (Fsp3) is 0.611. The van der Waals surface area contributed by atoms with Crippen LogP contribution in [0.15, 0.2) is 34.1 Å². The molecule has 1 aromatic rings. The Hall–Kier alpha value is -0.700. The highest BCUT2D eigenvalue weighted by atomic mass is 32.2. The van der Waals surface area contributed by atoms with Crippen molar-refractivity contribution in [2.24, 2.45) is 0 Å². The zero-order chi connectivity index (χ0) is 19.0. The van der Waals surface area contributed by atoms with Gasteiger partial charge in [0, 0.05) is 29.5 Å². The number of benzene rings is 1. The van der Waals surface area contributed by atoms with Gasteiger partial charge in [-0.1, -0.05) is 19.3 Å². The lowest BCUT2D eigenvalue weighted by Crippen LogP contribution is -2.39. The molecule has 0 atom stereocenters. The van der Waals surface area contributed by atoms with Gasteiger partial charge in [0.15, 0.2) is 0 Å². The molecule has 0 unspecified atom stereocenters. The molecule has 0 bridgehead atoms. The standard InChI is InChI=1S/C18H28N2O3S3/c1-20(26(22,23)17-10-8-15(24-2)9-11-17)14-18(21)19-12-13-25-16-6-4-3-5-7-16/h8-11,16H,3-7,12-14H2,1-2H3,(H,19,21). The van der Waals surface area contributed by atoms with Crippen molar-refractivity contribution >= 4 is 39.5 Å². The highest BCUT2D eigenvalue weighted by Gasteiger charge is 2.22. The van der Waals surface area contributed by atoms with Crippen molar-refractivity contribution < 1.29 is 13.2 Å². The first-order valence-electron chi connectivity index (χ1n) is 8.92. The Balaban J connectivity index is 1.75. The first kappa shape index (κ1) is 21.6. The van der Waals surface area contributed by atoms with Crippen LogP contribution in [0.3, 0.4) is 0 Å². The maximum absolute atomic E-state index is 12.5. The molecule has 0 aromatic heterocycles. The number of hydrogen-bond acceptors (Lipinski definition) is 5. The summed E-state index contributed by atoms with van der Waals surface area (Å²) in [5, 5.41) is 3.54. The first-order chi connectivity index (χ1) is 12.4. The Morgan fingerprint density at radius 1 is 1.19 bits per heavy atom. The maximum atomic E-state index is 12.5. The molecule has 146 valence electrons. The zero-order valence-electron chi connectivity index (χ0n) is 15.4. The van der Waals surface area contributed by atoms with Gasteiger partial charge >= 0.3 is 0 Å². The van der Waals surface area contributed by atoms with E-state index >= 15 is 0 Å². The molecule has 1 saturated carbocycles. The van der Waals surface area contributed by atoms with Crippen molar-refractivity contribution in [1.29, 1.82) is 0 Å². The van der Waals surface area contributed by atoms with Crippen LogP contribution in [0.25, 0.3) is 0 Å². The normalized spacial score (nSPS) is 16.0. The molecule has 1 aliphatic rings. The predicted octanol–water partition coefficient (Wildman–Crippen LogP) is 3.21. The number of amides is 1. The van der Waals surface area contributed by atoms with Crippen LogP contribution in [-0.2, 0) is 14.8 Å². The molecule has 2 rings (SSSR count). The third-order valence-electron chi connectivity index (χ3n) is 4.46. The summed E-state index contributed by atoms with van der Waals surface area (Å²) < 4.78 is 26.2. The minimum atomic E-state index is -3.65. The average Bonchev–Trinajstić information content (AvgIpc) is 2.66. The number of carbonyl (C=O) groups excluding carboxylic acids is 1. The SMILES string of the molecule is CSc1ccc(S(=O)(=O)N(C)CC(=O)NCCSC2CCCCC2)cc1. The van der Waals surface area contributed by atoms with Crippen LogP contribution >= 0.6 is 23.5 Å². The molecule has 0 heterocycles. The molecule has 0 radical (unpaired) electrons. The van der Waals surface area contributed by atoms with Gasteiger partial charge in [-0.3, -0.25) is 4.79 Å². The van der Waals surface area contributed by atoms with Crippen LogP contribution in [0.2, 0.25) is 0 Å². The van der Waals surface area contributed by atoms with E-state index in [0.29, 0.717) is 11.8 Å². The molecule has 1 aromatic carbocycles. The topological polar surface area (TPSA) is 66.5 Å². The second kappa shape index (κ2) is 10.6. The minimum Gasteiger partial charge on any atom is -0.354 e. The quantitative estimate of drug-likeness (QED) is 0.495. The van der Waals surface area contributed by atoms with Gasteiger partial charge < -0.3 is 5.32 Å². The summed E-state index contributed by atoms with van der Waals surface area (Å²) in [4.78, 5) is 13.3. The van der Waals surface area contributed by atoms with Gasteiger partial charge in [-0.25, -0.2) is 8.42 Å². The zero-order valence-corrected chi connectivity index (χ0v) is 17.9. The molecule has 1 N–H and O–H groups in total. The number of carbonyl (C=O) groups is 1. The van der Waals surface area contributed by atoms with Crippen LogP contribution in [0.1, 0.15) is 32.1 Å². The summed E-state index contributed by atoms with van der Waals surface area (Å²) in [6.07, 6.45) is 8.44. The van der Waals surface area contributed by atoms with Crippen LogP contribution in [0.5, 0.6) is 0 Å². The molecule has 1 amide bonds. The molecule has 0 spiro atoms. The van der Waals surface area contributed by atoms with Gasteiger partial charge in [0.05, 0.1) is 11.4 Å². The molecule has 1 fully saturated rings. The van der Waals surface area contributed by atoms with Gasteiger partial charge in [-0.15, -0.1) is 11.8 Å². The summed E-state index contributed by atoms with van der Waals surface area (Å²) in [6.45, 7) is 0.414. The minimum absolute atomic E-state index is 0.166. The van der Waals surface area contributed by atoms with Crippen molar-refractivity contribution in [3.63, 3.8) is 0 Å². The molecule has 8 heteroatoms. The van der Waals surface area contributed by atoms with Crippen LogP contribution in [0.4, 0.5) is 0 Å². The van der Waals surface area contributed by atoms with E-state index in [0.717, 1.165) is 15.0 Å². The molecule has 5 nitrogen and oxygen atoms in total. The highest BCUT2D eigenvalue weighted by Crippen LogP contribution is 2.27. The number of thioether (sulfide) groups is 2. The fourth-order valence-corrected chi connectivity index (χ4v) is 5.67. The largest absolute Gasteiger partial charge is 0.354 e. The summed E-state index contributed by atoms with van der Waals surface area (Å²) >= 11 is 3.47. The second-order valence-electron chi connectivity index (χ2n) is 6.42.